The molecule has 4 heterocycles. The fraction of sp³-hybridized carbons (Fsp3) is 0.976. The van der Waals surface area contributed by atoms with E-state index in [2.05, 4.69) is 17.1 Å². The van der Waals surface area contributed by atoms with Crippen LogP contribution >= 0.6 is 0 Å². The van der Waals surface area contributed by atoms with Crippen LogP contribution in [0.15, 0.2) is 0 Å². The summed E-state index contributed by atoms with van der Waals surface area (Å²) >= 11 is 0. The third-order valence-electron chi connectivity index (χ3n) is 13.7. The fourth-order valence-corrected chi connectivity index (χ4v) is 10.1. The zero-order valence-corrected chi connectivity index (χ0v) is 37.4. The molecule has 0 aromatic rings. The number of nitrogens with zero attached hydrogens (tertiary/aromatic N) is 2. The second kappa shape index (κ2) is 19.3. The number of hydrogen-bond acceptors (Lipinski definition) is 15. The smallest absolute Gasteiger partial charge is 0.311 e. The molecule has 0 bridgehead atoms. The van der Waals surface area contributed by atoms with E-state index in [4.69, 9.17) is 33.2 Å². The van der Waals surface area contributed by atoms with Crippen molar-refractivity contribution in [3.63, 3.8) is 0 Å². The van der Waals surface area contributed by atoms with Crippen molar-refractivity contribution < 1.29 is 58.4 Å². The number of likely N-dealkylation sites (N-methyl/N-ethyl adjacent to an activating group) is 1. The fourth-order valence-electron chi connectivity index (χ4n) is 10.1. The van der Waals surface area contributed by atoms with Gasteiger partial charge in [-0.15, -0.1) is 0 Å². The molecule has 4 saturated heterocycles. The van der Waals surface area contributed by atoms with Gasteiger partial charge in [0.15, 0.2) is 12.6 Å². The van der Waals surface area contributed by atoms with Crippen molar-refractivity contribution in [1.82, 2.24) is 15.1 Å². The van der Waals surface area contributed by atoms with Gasteiger partial charge in [-0.25, -0.2) is 0 Å². The summed E-state index contributed by atoms with van der Waals surface area (Å²) in [4.78, 5) is 18.6. The SMILES string of the molecule is CCCN1CO[C@@]2(C1)[C@H](C)O[C@@H](O[C@H]1[C@H](C)[C@@H](O[C@@H]3O[C@H](C)C[C@H](N(C)C)[C@H]3O)[C@](C)(O)C[C@@H](C)CN[C@H](C)[C@@H](O)[C@](C)(O)[C@@H](CC)OC(=O)[C@@H]1C)C[C@@]2(C)OC. The number of ether oxygens (including phenoxy) is 7. The molecule has 15 heteroatoms. The average Bonchev–Trinajstić information content (AvgIpc) is 3.58. The molecular formula is C42H79N3O12. The van der Waals surface area contributed by atoms with E-state index in [1.54, 1.807) is 34.8 Å². The van der Waals surface area contributed by atoms with Crippen molar-refractivity contribution in [1.29, 1.82) is 0 Å². The molecule has 15 nitrogen and oxygen atoms in total. The number of rotatable bonds is 9. The Balaban J connectivity index is 1.79. The lowest BCUT2D eigenvalue weighted by molar-refractivity contribution is -0.335. The molecular weight excluding hydrogens is 738 g/mol. The van der Waals surface area contributed by atoms with Crippen molar-refractivity contribution in [3.8, 4) is 0 Å². The summed E-state index contributed by atoms with van der Waals surface area (Å²) in [5, 5.41) is 50.7. The van der Waals surface area contributed by atoms with Crippen molar-refractivity contribution in [2.45, 2.75) is 198 Å². The van der Waals surface area contributed by atoms with E-state index < -0.39 is 95.5 Å². The van der Waals surface area contributed by atoms with Gasteiger partial charge in [0, 0.05) is 44.6 Å². The Morgan fingerprint density at radius 1 is 0.982 bits per heavy atom. The van der Waals surface area contributed by atoms with Crippen molar-refractivity contribution >= 4 is 5.97 Å². The Labute approximate surface area is 342 Å². The maximum atomic E-state index is 14.4. The minimum absolute atomic E-state index is 0.148. The van der Waals surface area contributed by atoms with Gasteiger partial charge >= 0.3 is 5.97 Å². The molecule has 5 N–H and O–H groups in total. The Bertz CT molecular complexity index is 1290. The summed E-state index contributed by atoms with van der Waals surface area (Å²) in [5.74, 6) is -2.52. The molecule has 4 fully saturated rings. The number of methoxy groups -OCH3 is 1. The topological polar surface area (TPSA) is 181 Å². The van der Waals surface area contributed by atoms with E-state index in [1.165, 1.54) is 6.92 Å². The first kappa shape index (κ1) is 48.6. The molecule has 0 aromatic carbocycles. The van der Waals surface area contributed by atoms with Crippen LogP contribution in [-0.2, 0) is 38.0 Å². The molecule has 0 radical (unpaired) electrons. The Morgan fingerprint density at radius 2 is 1.65 bits per heavy atom. The number of cyclic esters (lactones) is 1. The molecule has 4 rings (SSSR count). The van der Waals surface area contributed by atoms with Crippen LogP contribution in [0.5, 0.6) is 0 Å². The predicted molar refractivity (Wildman–Crippen MR) is 214 cm³/mol. The van der Waals surface area contributed by atoms with Gasteiger partial charge in [0.05, 0.1) is 35.9 Å². The zero-order chi connectivity index (χ0) is 42.8. The monoisotopic (exact) mass is 818 g/mol. The lowest BCUT2D eigenvalue weighted by Gasteiger charge is -2.54. The average molecular weight is 818 g/mol. The largest absolute Gasteiger partial charge is 0.459 e. The van der Waals surface area contributed by atoms with Crippen LogP contribution in [0.2, 0.25) is 0 Å². The highest BCUT2D eigenvalue weighted by Gasteiger charge is 2.62. The molecule has 1 spiro atoms. The lowest BCUT2D eigenvalue weighted by Crippen LogP contribution is -2.68. The summed E-state index contributed by atoms with van der Waals surface area (Å²) in [5.41, 5.74) is -4.96. The maximum Gasteiger partial charge on any atom is 0.311 e. The molecule has 18 atom stereocenters. The van der Waals surface area contributed by atoms with Crippen LogP contribution in [0.4, 0.5) is 0 Å². The van der Waals surface area contributed by atoms with Crippen LogP contribution < -0.4 is 5.32 Å². The highest BCUT2D eigenvalue weighted by Crippen LogP contribution is 2.47. The number of esters is 1. The quantitative estimate of drug-likeness (QED) is 0.214. The van der Waals surface area contributed by atoms with Crippen LogP contribution in [0.1, 0.15) is 108 Å². The Hall–Kier alpha value is -1.05. The summed E-state index contributed by atoms with van der Waals surface area (Å²) in [6.07, 6.45) is -5.77. The summed E-state index contributed by atoms with van der Waals surface area (Å²) in [7, 11) is 5.46. The molecule has 0 amide bonds. The van der Waals surface area contributed by atoms with Gasteiger partial charge in [0.25, 0.3) is 0 Å². The van der Waals surface area contributed by atoms with Gasteiger partial charge in [0.2, 0.25) is 0 Å². The summed E-state index contributed by atoms with van der Waals surface area (Å²) in [6, 6.07) is -0.846. The first-order chi connectivity index (χ1) is 26.5. The van der Waals surface area contributed by atoms with Crippen molar-refractivity contribution in [2.75, 3.05) is 47.6 Å². The van der Waals surface area contributed by atoms with Gasteiger partial charge in [0.1, 0.15) is 41.8 Å². The Kier molecular flexibility index (Phi) is 16.5. The summed E-state index contributed by atoms with van der Waals surface area (Å²) < 4.78 is 45.6. The van der Waals surface area contributed by atoms with Crippen LogP contribution in [-0.4, -0.2) is 174 Å². The van der Waals surface area contributed by atoms with Crippen LogP contribution in [0.25, 0.3) is 0 Å². The second-order valence-corrected chi connectivity index (χ2v) is 18.8. The van der Waals surface area contributed by atoms with Crippen LogP contribution in [0.3, 0.4) is 0 Å². The van der Waals surface area contributed by atoms with Gasteiger partial charge < -0.3 is 63.8 Å². The first-order valence-corrected chi connectivity index (χ1v) is 21.4. The van der Waals surface area contributed by atoms with Gasteiger partial charge in [-0.3, -0.25) is 9.69 Å². The van der Waals surface area contributed by atoms with Crippen molar-refractivity contribution in [3.05, 3.63) is 0 Å². The molecule has 4 aliphatic heterocycles. The minimum Gasteiger partial charge on any atom is -0.459 e. The third kappa shape index (κ3) is 10.4. The Morgan fingerprint density at radius 3 is 2.25 bits per heavy atom. The molecule has 0 saturated carbocycles. The van der Waals surface area contributed by atoms with E-state index >= 15 is 0 Å². The number of nitrogens with one attached hydrogen (secondary N) is 1. The van der Waals surface area contributed by atoms with Crippen molar-refractivity contribution in [2.24, 2.45) is 17.8 Å². The molecule has 0 unspecified atom stereocenters. The van der Waals surface area contributed by atoms with Gasteiger partial charge in [-0.05, 0) is 101 Å². The number of aliphatic hydroxyl groups excluding tert-OH is 2. The zero-order valence-electron chi connectivity index (χ0n) is 37.4. The lowest BCUT2D eigenvalue weighted by atomic mass is 9.75. The number of carbonyl (C=O) groups excluding carboxylic acids is 1. The second-order valence-electron chi connectivity index (χ2n) is 18.8. The van der Waals surface area contributed by atoms with E-state index in [0.29, 0.717) is 26.2 Å². The predicted octanol–water partition coefficient (Wildman–Crippen LogP) is 2.64. The highest BCUT2D eigenvalue weighted by atomic mass is 16.7. The van der Waals surface area contributed by atoms with Gasteiger partial charge in [-0.2, -0.15) is 0 Å². The normalized spacial score (nSPS) is 48.8. The minimum atomic E-state index is -1.79. The van der Waals surface area contributed by atoms with E-state index in [1.807, 2.05) is 53.6 Å². The van der Waals surface area contributed by atoms with E-state index in [-0.39, 0.29) is 37.3 Å². The van der Waals surface area contributed by atoms with Crippen LogP contribution in [0, 0.1) is 17.8 Å². The third-order valence-corrected chi connectivity index (χ3v) is 13.7. The van der Waals surface area contributed by atoms with Gasteiger partial charge in [-0.1, -0.05) is 27.7 Å². The molecule has 0 aliphatic carbocycles. The summed E-state index contributed by atoms with van der Waals surface area (Å²) in [6.45, 7) is 22.6. The molecule has 4 aliphatic rings. The number of aliphatic hydroxyl groups is 4. The molecule has 57 heavy (non-hydrogen) atoms. The number of carbonyl (C=O) groups is 1. The standard InChI is InChI=1S/C42H79N3O12/c1-15-17-45-22-42(52-23-45)29(8)54-32(20-40(42,10)51-14)56-34-26(5)36(57-38-33(46)30(44(12)13)18-25(4)53-38)39(9,49)19-24(3)21-43-28(7)35(47)41(11,50)31(16-2)55-37(48)27(34)6/h24-36,38,43,46-47,49-50H,15-23H2,1-14H3/t24-,25-,26+,27-,28-,29+,30+,31-,32+,33-,34+,35-,36-,38+,39-,40-,41-,42+/m1/s1. The molecule has 0 aromatic heterocycles. The maximum absolute atomic E-state index is 14.4. The van der Waals surface area contributed by atoms with E-state index in [9.17, 15) is 25.2 Å². The van der Waals surface area contributed by atoms with E-state index in [0.717, 1.165) is 13.0 Å². The highest BCUT2D eigenvalue weighted by molar-refractivity contribution is 5.73. The molecule has 334 valence electrons. The number of hydrogen-bond donors (Lipinski definition) is 5. The first-order valence-electron chi connectivity index (χ1n) is 21.4.